The van der Waals surface area contributed by atoms with Gasteiger partial charge in [-0.05, 0) is 55.3 Å². The Bertz CT molecular complexity index is 926. The molecule has 0 aliphatic heterocycles. The van der Waals surface area contributed by atoms with Crippen molar-refractivity contribution in [1.29, 1.82) is 0 Å². The molecule has 0 saturated heterocycles. The number of hydrazine groups is 2. The van der Waals surface area contributed by atoms with E-state index in [1.54, 1.807) is 24.1 Å². The number of anilines is 2. The Morgan fingerprint density at radius 1 is 1.15 bits per heavy atom. The Hall–Kier alpha value is -3.01. The Labute approximate surface area is 199 Å². The third-order valence-corrected chi connectivity index (χ3v) is 5.20. The zero-order valence-corrected chi connectivity index (χ0v) is 20.1. The number of nitrogens with zero attached hydrogens (tertiary/aromatic N) is 1. The van der Waals surface area contributed by atoms with E-state index in [4.69, 9.17) is 22.1 Å². The van der Waals surface area contributed by atoms with E-state index in [-0.39, 0.29) is 19.2 Å². The molecule has 0 aliphatic carbocycles. The Kier molecular flexibility index (Phi) is 10.2. The van der Waals surface area contributed by atoms with Crippen molar-refractivity contribution < 1.29 is 19.1 Å². The lowest BCUT2D eigenvalue weighted by atomic mass is 10.1. The molecule has 0 radical (unpaired) electrons. The SMILES string of the molecule is CC[C@@H](C)Oc1ccc(N(NNC(=O)NC[C@H](C)C(=O)OC)c2cc(Cl)ccc2CN)cc1. The van der Waals surface area contributed by atoms with Gasteiger partial charge in [0, 0.05) is 18.1 Å². The smallest absolute Gasteiger partial charge is 0.330 e. The number of esters is 1. The third kappa shape index (κ3) is 7.81. The topological polar surface area (TPSA) is 118 Å². The van der Waals surface area contributed by atoms with Crippen molar-refractivity contribution >= 4 is 35.0 Å². The number of hydrogen-bond acceptors (Lipinski definition) is 7. The number of benzene rings is 2. The minimum Gasteiger partial charge on any atom is -0.491 e. The van der Waals surface area contributed by atoms with Gasteiger partial charge in [0.2, 0.25) is 0 Å². The maximum absolute atomic E-state index is 12.3. The monoisotopic (exact) mass is 477 g/mol. The lowest BCUT2D eigenvalue weighted by Crippen LogP contribution is -2.52. The first kappa shape index (κ1) is 26.2. The molecule has 0 bridgehead atoms. The van der Waals surface area contributed by atoms with Crippen LogP contribution in [0.15, 0.2) is 42.5 Å². The number of carbonyl (C=O) groups is 2. The van der Waals surface area contributed by atoms with Crippen LogP contribution >= 0.6 is 11.6 Å². The van der Waals surface area contributed by atoms with E-state index in [1.807, 2.05) is 37.3 Å². The van der Waals surface area contributed by atoms with Crippen molar-refractivity contribution in [2.45, 2.75) is 39.8 Å². The number of carbonyl (C=O) groups excluding carboxylic acids is 2. The van der Waals surface area contributed by atoms with Crippen molar-refractivity contribution in [3.05, 3.63) is 53.1 Å². The second-order valence-corrected chi connectivity index (χ2v) is 7.95. The van der Waals surface area contributed by atoms with Crippen LogP contribution in [0.2, 0.25) is 5.02 Å². The van der Waals surface area contributed by atoms with Gasteiger partial charge in [-0.15, -0.1) is 5.53 Å². The van der Waals surface area contributed by atoms with E-state index in [1.165, 1.54) is 7.11 Å². The van der Waals surface area contributed by atoms with Crippen LogP contribution in [0.25, 0.3) is 0 Å². The minimum atomic E-state index is -0.524. The van der Waals surface area contributed by atoms with Crippen LogP contribution in [-0.4, -0.2) is 31.8 Å². The summed E-state index contributed by atoms with van der Waals surface area (Å²) in [4.78, 5) is 23.8. The maximum Gasteiger partial charge on any atom is 0.330 e. The molecule has 2 amide bonds. The highest BCUT2D eigenvalue weighted by atomic mass is 35.5. The normalized spacial score (nSPS) is 12.4. The molecule has 2 rings (SSSR count). The number of rotatable bonds is 11. The highest BCUT2D eigenvalue weighted by Gasteiger charge is 2.17. The Morgan fingerprint density at radius 3 is 2.45 bits per heavy atom. The van der Waals surface area contributed by atoms with Gasteiger partial charge in [-0.1, -0.05) is 31.5 Å². The maximum atomic E-state index is 12.3. The van der Waals surface area contributed by atoms with Gasteiger partial charge in [0.1, 0.15) is 5.75 Å². The van der Waals surface area contributed by atoms with E-state index in [0.717, 1.165) is 17.7 Å². The molecule has 10 heteroatoms. The molecule has 0 saturated carbocycles. The number of amides is 2. The van der Waals surface area contributed by atoms with Crippen molar-refractivity contribution in [2.75, 3.05) is 18.7 Å². The summed E-state index contributed by atoms with van der Waals surface area (Å²) in [6, 6.07) is 12.2. The van der Waals surface area contributed by atoms with E-state index in [2.05, 4.69) is 27.9 Å². The summed E-state index contributed by atoms with van der Waals surface area (Å²) in [6.45, 7) is 6.11. The summed E-state index contributed by atoms with van der Waals surface area (Å²) in [5.74, 6) is -0.150. The molecule has 0 fully saturated rings. The van der Waals surface area contributed by atoms with Crippen LogP contribution in [0.4, 0.5) is 16.2 Å². The van der Waals surface area contributed by atoms with Crippen LogP contribution in [0.3, 0.4) is 0 Å². The highest BCUT2D eigenvalue weighted by molar-refractivity contribution is 6.30. The molecule has 0 unspecified atom stereocenters. The molecule has 2 aromatic rings. The van der Waals surface area contributed by atoms with Gasteiger partial charge in [0.15, 0.2) is 0 Å². The van der Waals surface area contributed by atoms with Crippen LogP contribution in [0, 0.1) is 5.92 Å². The molecule has 180 valence electrons. The fourth-order valence-corrected chi connectivity index (χ4v) is 3.02. The zero-order valence-electron chi connectivity index (χ0n) is 19.4. The molecular weight excluding hydrogens is 446 g/mol. The summed E-state index contributed by atoms with van der Waals surface area (Å²) in [6.07, 6.45) is 0.991. The summed E-state index contributed by atoms with van der Waals surface area (Å²) in [7, 11) is 1.30. The largest absolute Gasteiger partial charge is 0.491 e. The summed E-state index contributed by atoms with van der Waals surface area (Å²) < 4.78 is 10.5. The van der Waals surface area contributed by atoms with Crippen molar-refractivity contribution in [1.82, 2.24) is 16.3 Å². The first-order valence-corrected chi connectivity index (χ1v) is 11.1. The quantitative estimate of drug-likeness (QED) is 0.288. The molecular formula is C23H32ClN5O4. The summed E-state index contributed by atoms with van der Waals surface area (Å²) in [5, 5.41) is 4.80. The molecule has 2 aromatic carbocycles. The van der Waals surface area contributed by atoms with Crippen LogP contribution in [-0.2, 0) is 16.1 Å². The number of ether oxygens (including phenoxy) is 2. The number of urea groups is 1. The molecule has 0 heterocycles. The van der Waals surface area contributed by atoms with Gasteiger partial charge in [0.05, 0.1) is 30.5 Å². The van der Waals surface area contributed by atoms with E-state index < -0.39 is 17.9 Å². The second kappa shape index (κ2) is 12.9. The summed E-state index contributed by atoms with van der Waals surface area (Å²) in [5.41, 5.74) is 13.6. The van der Waals surface area contributed by atoms with Gasteiger partial charge in [-0.2, -0.15) is 0 Å². The first-order valence-electron chi connectivity index (χ1n) is 10.7. The number of nitrogens with two attached hydrogens (primary N) is 1. The molecule has 9 nitrogen and oxygen atoms in total. The average molecular weight is 478 g/mol. The molecule has 33 heavy (non-hydrogen) atoms. The highest BCUT2D eigenvalue weighted by Crippen LogP contribution is 2.30. The molecule has 2 atom stereocenters. The third-order valence-electron chi connectivity index (χ3n) is 4.97. The lowest BCUT2D eigenvalue weighted by Gasteiger charge is -2.28. The number of nitrogens with one attached hydrogen (secondary N) is 3. The fourth-order valence-electron chi connectivity index (χ4n) is 2.85. The molecule has 0 aromatic heterocycles. The van der Waals surface area contributed by atoms with Gasteiger partial charge >= 0.3 is 12.0 Å². The number of halogens is 1. The number of hydrogen-bond donors (Lipinski definition) is 4. The van der Waals surface area contributed by atoms with Gasteiger partial charge in [-0.3, -0.25) is 15.2 Å². The van der Waals surface area contributed by atoms with Gasteiger partial charge < -0.3 is 20.5 Å². The van der Waals surface area contributed by atoms with Crippen LogP contribution in [0.5, 0.6) is 5.75 Å². The average Bonchev–Trinajstić information content (AvgIpc) is 2.83. The zero-order chi connectivity index (χ0) is 24.4. The van der Waals surface area contributed by atoms with E-state index in [9.17, 15) is 9.59 Å². The standard InChI is InChI=1S/C23H32ClN5O4/c1-5-16(3)33-20-10-8-19(9-11-20)29(21-12-18(24)7-6-17(21)13-25)28-27-23(31)26-14-15(2)22(30)32-4/h6-12,15-16,28H,5,13-14,25H2,1-4H3,(H2,26,27,31)/t15-,16+/m0/s1. The number of methoxy groups -OCH3 is 1. The predicted octanol–water partition coefficient (Wildman–Crippen LogP) is 3.64. The van der Waals surface area contributed by atoms with Crippen molar-refractivity contribution in [3.8, 4) is 5.75 Å². The first-order chi connectivity index (χ1) is 15.8. The second-order valence-electron chi connectivity index (χ2n) is 7.51. The Balaban J connectivity index is 2.21. The molecule has 5 N–H and O–H groups in total. The van der Waals surface area contributed by atoms with Gasteiger partial charge in [-0.25, -0.2) is 4.79 Å². The molecule has 0 spiro atoms. The van der Waals surface area contributed by atoms with Crippen molar-refractivity contribution in [3.63, 3.8) is 0 Å². The predicted molar refractivity (Wildman–Crippen MR) is 129 cm³/mol. The van der Waals surface area contributed by atoms with E-state index >= 15 is 0 Å². The van der Waals surface area contributed by atoms with Crippen LogP contribution in [0.1, 0.15) is 32.8 Å². The minimum absolute atomic E-state index is 0.0968. The fraction of sp³-hybridized carbons (Fsp3) is 0.391. The summed E-state index contributed by atoms with van der Waals surface area (Å²) >= 11 is 6.24. The van der Waals surface area contributed by atoms with Gasteiger partial charge in [0.25, 0.3) is 0 Å². The molecule has 0 aliphatic rings. The van der Waals surface area contributed by atoms with Crippen LogP contribution < -0.4 is 31.8 Å². The van der Waals surface area contributed by atoms with Crippen molar-refractivity contribution in [2.24, 2.45) is 11.7 Å². The lowest BCUT2D eigenvalue weighted by molar-refractivity contribution is -0.144. The van der Waals surface area contributed by atoms with E-state index in [0.29, 0.717) is 16.4 Å². The Morgan fingerprint density at radius 2 is 1.85 bits per heavy atom.